The molecule has 7 heteroatoms. The molecule has 0 saturated heterocycles. The topological polar surface area (TPSA) is 42.8 Å². The summed E-state index contributed by atoms with van der Waals surface area (Å²) in [6.45, 7) is -1.57. The van der Waals surface area contributed by atoms with Crippen LogP contribution >= 0.6 is 11.6 Å². The molecule has 0 aliphatic carbocycles. The molecule has 0 aromatic heterocycles. The zero-order chi connectivity index (χ0) is 18.2. The fourth-order valence-corrected chi connectivity index (χ4v) is 2.57. The lowest BCUT2D eigenvalue weighted by Crippen LogP contribution is -3.08. The summed E-state index contributed by atoms with van der Waals surface area (Å²) >= 11 is 6.05. The standard InChI is InChI=1S/C18H19ClF2N2O2/c1-23(11-13-6-8-15(9-7-13)25-18(20)21)12-17(24)22-10-14-4-2-3-5-16(14)19/h2-9,18H,10-12H2,1H3,(H,22,24)/p+1. The summed E-state index contributed by atoms with van der Waals surface area (Å²) in [4.78, 5) is 13.0. The maximum atomic E-state index is 12.1. The Morgan fingerprint density at radius 1 is 1.20 bits per heavy atom. The zero-order valence-electron chi connectivity index (χ0n) is 13.8. The number of quaternary nitrogens is 1. The maximum absolute atomic E-state index is 12.1. The van der Waals surface area contributed by atoms with Gasteiger partial charge in [-0.25, -0.2) is 0 Å². The zero-order valence-corrected chi connectivity index (χ0v) is 14.5. The average molecular weight is 370 g/mol. The Hall–Kier alpha value is -2.18. The second-order valence-electron chi connectivity index (χ2n) is 5.70. The third kappa shape index (κ3) is 6.68. The fourth-order valence-electron chi connectivity index (χ4n) is 2.37. The van der Waals surface area contributed by atoms with Crippen LogP contribution in [0.1, 0.15) is 11.1 Å². The van der Waals surface area contributed by atoms with E-state index in [1.165, 1.54) is 12.1 Å². The van der Waals surface area contributed by atoms with Crippen LogP contribution < -0.4 is 15.0 Å². The molecule has 0 saturated carbocycles. The van der Waals surface area contributed by atoms with Crippen molar-refractivity contribution in [1.82, 2.24) is 5.32 Å². The molecule has 0 heterocycles. The van der Waals surface area contributed by atoms with E-state index in [1.54, 1.807) is 18.2 Å². The quantitative estimate of drug-likeness (QED) is 0.749. The van der Waals surface area contributed by atoms with E-state index in [2.05, 4.69) is 10.1 Å². The number of nitrogens with one attached hydrogen (secondary N) is 2. The minimum absolute atomic E-state index is 0.0879. The van der Waals surface area contributed by atoms with Crippen LogP contribution in [0.15, 0.2) is 48.5 Å². The van der Waals surface area contributed by atoms with Gasteiger partial charge in [0.25, 0.3) is 5.91 Å². The highest BCUT2D eigenvalue weighted by atomic mass is 35.5. The molecular formula is C18H20ClF2N2O2+. The smallest absolute Gasteiger partial charge is 0.387 e. The molecule has 2 N–H and O–H groups in total. The van der Waals surface area contributed by atoms with E-state index in [1.807, 2.05) is 25.2 Å². The van der Waals surface area contributed by atoms with Crippen molar-refractivity contribution in [2.75, 3.05) is 13.6 Å². The number of hydrogen-bond donors (Lipinski definition) is 2. The lowest BCUT2D eigenvalue weighted by atomic mass is 10.2. The summed E-state index contributed by atoms with van der Waals surface area (Å²) in [5, 5.41) is 3.46. The Balaban J connectivity index is 1.78. The fraction of sp³-hybridized carbons (Fsp3) is 0.278. The van der Waals surface area contributed by atoms with Gasteiger partial charge in [-0.1, -0.05) is 29.8 Å². The molecule has 134 valence electrons. The molecule has 0 aliphatic rings. The highest BCUT2D eigenvalue weighted by Gasteiger charge is 2.11. The second-order valence-corrected chi connectivity index (χ2v) is 6.11. The highest BCUT2D eigenvalue weighted by molar-refractivity contribution is 6.31. The molecule has 1 unspecified atom stereocenters. The molecule has 4 nitrogen and oxygen atoms in total. The van der Waals surface area contributed by atoms with Gasteiger partial charge in [0, 0.05) is 17.1 Å². The number of carbonyl (C=O) groups is 1. The van der Waals surface area contributed by atoms with Crippen molar-refractivity contribution in [3.8, 4) is 5.75 Å². The van der Waals surface area contributed by atoms with Crippen molar-refractivity contribution in [2.45, 2.75) is 19.7 Å². The Labute approximate surface area is 150 Å². The molecule has 0 aliphatic heterocycles. The molecule has 0 radical (unpaired) electrons. The number of hydrogen-bond acceptors (Lipinski definition) is 2. The Morgan fingerprint density at radius 3 is 2.52 bits per heavy atom. The van der Waals surface area contributed by atoms with Crippen molar-refractivity contribution in [1.29, 1.82) is 0 Å². The normalized spacial score (nSPS) is 12.0. The van der Waals surface area contributed by atoms with Crippen molar-refractivity contribution in [2.24, 2.45) is 0 Å². The minimum atomic E-state index is -2.83. The summed E-state index contributed by atoms with van der Waals surface area (Å²) in [6.07, 6.45) is 0. The summed E-state index contributed by atoms with van der Waals surface area (Å²) in [5.41, 5.74) is 1.79. The van der Waals surface area contributed by atoms with E-state index < -0.39 is 6.61 Å². The highest BCUT2D eigenvalue weighted by Crippen LogP contribution is 2.15. The summed E-state index contributed by atoms with van der Waals surface area (Å²) < 4.78 is 28.5. The molecule has 2 aromatic carbocycles. The number of amides is 1. The van der Waals surface area contributed by atoms with Crippen molar-refractivity contribution in [3.63, 3.8) is 0 Å². The van der Waals surface area contributed by atoms with Crippen molar-refractivity contribution >= 4 is 17.5 Å². The molecule has 0 bridgehead atoms. The van der Waals surface area contributed by atoms with Crippen LogP contribution in [0.25, 0.3) is 0 Å². The van der Waals surface area contributed by atoms with Gasteiger partial charge >= 0.3 is 6.61 Å². The summed E-state index contributed by atoms with van der Waals surface area (Å²) in [7, 11) is 1.89. The van der Waals surface area contributed by atoms with Crippen LogP contribution in [0.5, 0.6) is 5.75 Å². The van der Waals surface area contributed by atoms with Gasteiger partial charge < -0.3 is 15.0 Å². The minimum Gasteiger partial charge on any atom is -0.435 e. The van der Waals surface area contributed by atoms with Crippen LogP contribution in [0.3, 0.4) is 0 Å². The molecule has 0 fully saturated rings. The summed E-state index contributed by atoms with van der Waals surface area (Å²) in [5.74, 6) is 0.0314. The van der Waals surface area contributed by atoms with Crippen LogP contribution in [0.2, 0.25) is 5.02 Å². The van der Waals surface area contributed by atoms with Gasteiger partial charge in [0.05, 0.1) is 7.05 Å². The van der Waals surface area contributed by atoms with Gasteiger partial charge in [0.2, 0.25) is 0 Å². The van der Waals surface area contributed by atoms with Crippen LogP contribution in [-0.2, 0) is 17.9 Å². The lowest BCUT2D eigenvalue weighted by Gasteiger charge is -2.14. The molecule has 2 rings (SSSR count). The van der Waals surface area contributed by atoms with E-state index in [9.17, 15) is 13.6 Å². The number of halogens is 3. The van der Waals surface area contributed by atoms with E-state index in [0.29, 0.717) is 24.7 Å². The molecule has 1 amide bonds. The van der Waals surface area contributed by atoms with Gasteiger partial charge in [-0.2, -0.15) is 8.78 Å². The van der Waals surface area contributed by atoms with Crippen LogP contribution in [-0.4, -0.2) is 26.1 Å². The molecular weight excluding hydrogens is 350 g/mol. The SMILES string of the molecule is C[NH+](CC(=O)NCc1ccccc1Cl)Cc1ccc(OC(F)F)cc1. The first kappa shape index (κ1) is 19.1. The van der Waals surface area contributed by atoms with Gasteiger partial charge in [0.15, 0.2) is 6.54 Å². The largest absolute Gasteiger partial charge is 0.435 e. The first-order valence-electron chi connectivity index (χ1n) is 7.79. The first-order valence-corrected chi connectivity index (χ1v) is 8.17. The van der Waals surface area contributed by atoms with Gasteiger partial charge in [-0.15, -0.1) is 0 Å². The number of likely N-dealkylation sites (N-methyl/N-ethyl adjacent to an activating group) is 1. The molecule has 0 spiro atoms. The number of alkyl halides is 2. The molecule has 25 heavy (non-hydrogen) atoms. The van der Waals surface area contributed by atoms with Crippen LogP contribution in [0, 0.1) is 0 Å². The lowest BCUT2D eigenvalue weighted by molar-refractivity contribution is -0.885. The van der Waals surface area contributed by atoms with E-state index in [-0.39, 0.29) is 11.7 Å². The Bertz CT molecular complexity index is 696. The maximum Gasteiger partial charge on any atom is 0.387 e. The van der Waals surface area contributed by atoms with Gasteiger partial charge in [0.1, 0.15) is 12.3 Å². The number of ether oxygens (including phenoxy) is 1. The number of carbonyl (C=O) groups excluding carboxylic acids is 1. The Kier molecular flexibility index (Phi) is 7.16. The third-order valence-corrected chi connectivity index (χ3v) is 3.92. The monoisotopic (exact) mass is 369 g/mol. The van der Waals surface area contributed by atoms with Crippen molar-refractivity contribution < 1.29 is 23.2 Å². The second kappa shape index (κ2) is 9.34. The number of benzene rings is 2. The van der Waals surface area contributed by atoms with E-state index in [0.717, 1.165) is 16.0 Å². The van der Waals surface area contributed by atoms with Crippen molar-refractivity contribution in [3.05, 3.63) is 64.7 Å². The van der Waals surface area contributed by atoms with Crippen LogP contribution in [0.4, 0.5) is 8.78 Å². The summed E-state index contributed by atoms with van der Waals surface area (Å²) in [6, 6.07) is 13.8. The molecule has 2 aromatic rings. The molecule has 1 atom stereocenters. The predicted octanol–water partition coefficient (Wildman–Crippen LogP) is 2.27. The predicted molar refractivity (Wildman–Crippen MR) is 91.8 cm³/mol. The average Bonchev–Trinajstić information content (AvgIpc) is 2.55. The number of rotatable bonds is 8. The van der Waals surface area contributed by atoms with Gasteiger partial charge in [-0.05, 0) is 35.9 Å². The first-order chi connectivity index (χ1) is 11.9. The van der Waals surface area contributed by atoms with E-state index in [4.69, 9.17) is 11.6 Å². The van der Waals surface area contributed by atoms with E-state index >= 15 is 0 Å². The third-order valence-electron chi connectivity index (χ3n) is 3.55. The van der Waals surface area contributed by atoms with Gasteiger partial charge in [-0.3, -0.25) is 4.79 Å². The Morgan fingerprint density at radius 2 is 1.88 bits per heavy atom.